The van der Waals surface area contributed by atoms with Gasteiger partial charge in [0.1, 0.15) is 0 Å². The van der Waals surface area contributed by atoms with Crippen molar-refractivity contribution in [3.63, 3.8) is 0 Å². The molecular weight excluding hydrogens is 453 g/mol. The highest BCUT2D eigenvalue weighted by molar-refractivity contribution is 6.58. The van der Waals surface area contributed by atoms with Gasteiger partial charge in [-0.05, 0) is 63.6 Å². The fraction of sp³-hybridized carbons (Fsp3) is 0.0909. The van der Waals surface area contributed by atoms with Crippen LogP contribution in [0.4, 0.5) is 17.1 Å². The predicted molar refractivity (Wildman–Crippen MR) is 154 cm³/mol. The highest BCUT2D eigenvalue weighted by atomic mass is 16.4. The number of rotatable bonds is 5. The van der Waals surface area contributed by atoms with Crippen LogP contribution in [-0.2, 0) is 5.41 Å². The molecule has 1 aliphatic carbocycles. The van der Waals surface area contributed by atoms with Crippen LogP contribution >= 0.6 is 0 Å². The molecule has 0 amide bonds. The van der Waals surface area contributed by atoms with E-state index in [-0.39, 0.29) is 5.41 Å². The lowest BCUT2D eigenvalue weighted by molar-refractivity contribution is 0.426. The number of nitrogens with zero attached hydrogens (tertiary/aromatic N) is 1. The zero-order valence-electron chi connectivity index (χ0n) is 21.0. The molecular formula is C33H28BNO2. The first-order valence-electron chi connectivity index (χ1n) is 12.6. The summed E-state index contributed by atoms with van der Waals surface area (Å²) in [6, 6.07) is 41.7. The highest BCUT2D eigenvalue weighted by Crippen LogP contribution is 2.51. The number of anilines is 3. The Kier molecular flexibility index (Phi) is 5.71. The van der Waals surface area contributed by atoms with Crippen LogP contribution in [0.3, 0.4) is 0 Å². The summed E-state index contributed by atoms with van der Waals surface area (Å²) in [5.74, 6) is 0. The van der Waals surface area contributed by atoms with Gasteiger partial charge >= 0.3 is 7.12 Å². The largest absolute Gasteiger partial charge is 0.488 e. The molecule has 3 nitrogen and oxygen atoms in total. The Hall–Kier alpha value is -4.12. The van der Waals surface area contributed by atoms with Crippen LogP contribution in [0.15, 0.2) is 121 Å². The zero-order valence-corrected chi connectivity index (χ0v) is 21.0. The molecule has 5 aromatic rings. The molecule has 0 radical (unpaired) electrons. The SMILES string of the molecule is CC1(C)c2ccccc2-c2ccc(N(c3ccccc3)c3ccccc3-c3ccc(B(O)O)cc3)cc21. The maximum atomic E-state index is 9.56. The van der Waals surface area contributed by atoms with Crippen LogP contribution in [0.2, 0.25) is 0 Å². The van der Waals surface area contributed by atoms with E-state index in [4.69, 9.17) is 0 Å². The van der Waals surface area contributed by atoms with E-state index in [0.29, 0.717) is 5.46 Å². The van der Waals surface area contributed by atoms with E-state index >= 15 is 0 Å². The summed E-state index contributed by atoms with van der Waals surface area (Å²) >= 11 is 0. The molecule has 0 saturated carbocycles. The Bertz CT molecular complexity index is 1580. The van der Waals surface area contributed by atoms with Crippen molar-refractivity contribution in [3.8, 4) is 22.3 Å². The number of hydrogen-bond donors (Lipinski definition) is 2. The van der Waals surface area contributed by atoms with Crippen molar-refractivity contribution < 1.29 is 10.0 Å². The van der Waals surface area contributed by atoms with E-state index < -0.39 is 7.12 Å². The van der Waals surface area contributed by atoms with Gasteiger partial charge in [0.2, 0.25) is 0 Å². The van der Waals surface area contributed by atoms with Gasteiger partial charge in [0.15, 0.2) is 0 Å². The number of fused-ring (bicyclic) bond motifs is 3. The molecule has 0 bridgehead atoms. The van der Waals surface area contributed by atoms with Gasteiger partial charge < -0.3 is 14.9 Å². The van der Waals surface area contributed by atoms with Crippen molar-refractivity contribution in [3.05, 3.63) is 132 Å². The lowest BCUT2D eigenvalue weighted by atomic mass is 9.80. The van der Waals surface area contributed by atoms with E-state index in [0.717, 1.165) is 28.2 Å². The van der Waals surface area contributed by atoms with Gasteiger partial charge in [0.25, 0.3) is 0 Å². The second kappa shape index (κ2) is 9.08. The summed E-state index contributed by atoms with van der Waals surface area (Å²) in [5, 5.41) is 19.1. The first kappa shape index (κ1) is 23.3. The van der Waals surface area contributed by atoms with Gasteiger partial charge in [-0.15, -0.1) is 0 Å². The third-order valence-corrected chi connectivity index (χ3v) is 7.50. The summed E-state index contributed by atoms with van der Waals surface area (Å²) < 4.78 is 0. The minimum absolute atomic E-state index is 0.0925. The maximum Gasteiger partial charge on any atom is 0.488 e. The third-order valence-electron chi connectivity index (χ3n) is 7.50. The molecule has 0 unspecified atom stereocenters. The number of para-hydroxylation sites is 2. The summed E-state index contributed by atoms with van der Waals surface area (Å²) in [6.07, 6.45) is 0. The first-order chi connectivity index (χ1) is 17.9. The standard InChI is InChI=1S/C33H28BNO2/c1-33(2)30-14-8-6-13-28(30)29-21-20-26(22-31(29)33)35(25-10-4-3-5-11-25)32-15-9-7-12-27(32)23-16-18-24(19-17-23)34(36)37/h3-22,36-37H,1-2H3. The van der Waals surface area contributed by atoms with Crippen molar-refractivity contribution in [2.45, 2.75) is 19.3 Å². The lowest BCUT2D eigenvalue weighted by Gasteiger charge is -2.29. The molecule has 6 rings (SSSR count). The van der Waals surface area contributed by atoms with Crippen LogP contribution in [0.25, 0.3) is 22.3 Å². The van der Waals surface area contributed by atoms with Gasteiger partial charge in [-0.2, -0.15) is 0 Å². The average molecular weight is 481 g/mol. The van der Waals surface area contributed by atoms with E-state index in [1.54, 1.807) is 12.1 Å². The van der Waals surface area contributed by atoms with Crippen molar-refractivity contribution in [1.29, 1.82) is 0 Å². The minimum Gasteiger partial charge on any atom is -0.423 e. The molecule has 5 aromatic carbocycles. The summed E-state index contributed by atoms with van der Waals surface area (Å²) in [6.45, 7) is 4.61. The Morgan fingerprint density at radius 1 is 0.568 bits per heavy atom. The molecule has 0 aliphatic heterocycles. The molecule has 180 valence electrons. The summed E-state index contributed by atoms with van der Waals surface area (Å²) in [4.78, 5) is 2.31. The second-order valence-corrected chi connectivity index (χ2v) is 10.1. The summed E-state index contributed by atoms with van der Waals surface area (Å²) in [5.41, 5.74) is 11.0. The van der Waals surface area contributed by atoms with Gasteiger partial charge in [-0.1, -0.05) is 105 Å². The van der Waals surface area contributed by atoms with E-state index in [2.05, 4.69) is 104 Å². The van der Waals surface area contributed by atoms with Gasteiger partial charge in [-0.3, -0.25) is 0 Å². The minimum atomic E-state index is -1.48. The Balaban J connectivity index is 1.53. The smallest absolute Gasteiger partial charge is 0.423 e. The zero-order chi connectivity index (χ0) is 25.6. The Labute approximate surface area is 218 Å². The number of hydrogen-bond acceptors (Lipinski definition) is 3. The lowest BCUT2D eigenvalue weighted by Crippen LogP contribution is -2.29. The van der Waals surface area contributed by atoms with Crippen molar-refractivity contribution in [2.24, 2.45) is 0 Å². The van der Waals surface area contributed by atoms with Crippen molar-refractivity contribution >= 4 is 29.6 Å². The molecule has 1 aliphatic rings. The van der Waals surface area contributed by atoms with Gasteiger partial charge in [0, 0.05) is 22.4 Å². The van der Waals surface area contributed by atoms with E-state index in [1.165, 1.54) is 22.3 Å². The van der Waals surface area contributed by atoms with Crippen molar-refractivity contribution in [1.82, 2.24) is 0 Å². The third kappa shape index (κ3) is 3.95. The van der Waals surface area contributed by atoms with Crippen LogP contribution in [0.1, 0.15) is 25.0 Å². The first-order valence-corrected chi connectivity index (χ1v) is 12.6. The van der Waals surface area contributed by atoms with Crippen LogP contribution in [0.5, 0.6) is 0 Å². The molecule has 0 heterocycles. The Morgan fingerprint density at radius 2 is 1.19 bits per heavy atom. The Morgan fingerprint density at radius 3 is 1.92 bits per heavy atom. The molecule has 0 fully saturated rings. The van der Waals surface area contributed by atoms with Crippen LogP contribution < -0.4 is 10.4 Å². The van der Waals surface area contributed by atoms with Crippen molar-refractivity contribution in [2.75, 3.05) is 4.90 Å². The molecule has 0 atom stereocenters. The summed E-state index contributed by atoms with van der Waals surface area (Å²) in [7, 11) is -1.48. The maximum absolute atomic E-state index is 9.56. The molecule has 37 heavy (non-hydrogen) atoms. The van der Waals surface area contributed by atoms with Crippen LogP contribution in [0, 0.1) is 0 Å². The van der Waals surface area contributed by atoms with E-state index in [9.17, 15) is 10.0 Å². The van der Waals surface area contributed by atoms with Gasteiger partial charge in [-0.25, -0.2) is 0 Å². The predicted octanol–water partition coefficient (Wildman–Crippen LogP) is 6.81. The quantitative estimate of drug-likeness (QED) is 0.271. The monoisotopic (exact) mass is 481 g/mol. The molecule has 0 aromatic heterocycles. The molecule has 0 saturated heterocycles. The highest BCUT2D eigenvalue weighted by Gasteiger charge is 2.35. The fourth-order valence-electron chi connectivity index (χ4n) is 5.58. The fourth-order valence-corrected chi connectivity index (χ4v) is 5.58. The van der Waals surface area contributed by atoms with Gasteiger partial charge in [0.05, 0.1) is 5.69 Å². The topological polar surface area (TPSA) is 43.7 Å². The van der Waals surface area contributed by atoms with E-state index in [1.807, 2.05) is 24.3 Å². The number of benzene rings is 5. The molecule has 2 N–H and O–H groups in total. The second-order valence-electron chi connectivity index (χ2n) is 10.1. The molecule has 0 spiro atoms. The van der Waals surface area contributed by atoms with Crippen LogP contribution in [-0.4, -0.2) is 17.2 Å². The normalized spacial score (nSPS) is 13.1. The average Bonchev–Trinajstić information content (AvgIpc) is 3.16. The molecule has 4 heteroatoms.